The largest absolute Gasteiger partial charge is 0.439 e. The van der Waals surface area contributed by atoms with Crippen molar-refractivity contribution in [1.29, 1.82) is 0 Å². The minimum atomic E-state index is -2.75. The van der Waals surface area contributed by atoms with Crippen LogP contribution in [0.1, 0.15) is 49.8 Å². The first-order chi connectivity index (χ1) is 37.5. The van der Waals surface area contributed by atoms with Crippen LogP contribution < -0.4 is 25.2 Å². The smallest absolute Gasteiger partial charge is 0.221 e. The molecule has 0 unspecified atom stereocenters. The lowest BCUT2D eigenvalue weighted by atomic mass is 9.62. The highest BCUT2D eigenvalue weighted by atomic mass is 16.5. The molecule has 2 N–H and O–H groups in total. The minimum Gasteiger partial charge on any atom is -0.439 e. The van der Waals surface area contributed by atoms with Gasteiger partial charge in [-0.2, -0.15) is 0 Å². The molecule has 334 valence electrons. The van der Waals surface area contributed by atoms with E-state index in [9.17, 15) is 1.37 Å². The summed E-state index contributed by atoms with van der Waals surface area (Å²) in [5.74, 6) is 4.13. The van der Waals surface area contributed by atoms with Crippen LogP contribution in [-0.4, -0.2) is 40.3 Å². The van der Waals surface area contributed by atoms with Crippen molar-refractivity contribution >= 4 is 81.1 Å². The zero-order valence-corrected chi connectivity index (χ0v) is 38.1. The van der Waals surface area contributed by atoms with Crippen LogP contribution in [0.5, 0.6) is 11.6 Å². The molecule has 3 aromatic heterocycles. The van der Waals surface area contributed by atoms with Crippen LogP contribution in [0.4, 0.5) is 22.7 Å². The molecular weight excluding hydrogens is 846 g/mol. The van der Waals surface area contributed by atoms with Gasteiger partial charge in [0, 0.05) is 70.7 Å². The number of aromatic nitrogens is 4. The van der Waals surface area contributed by atoms with E-state index in [1.807, 2.05) is 96.3 Å². The second-order valence-electron chi connectivity index (χ2n) is 17.6. The summed E-state index contributed by atoms with van der Waals surface area (Å²) < 4.78 is 89.0. The maximum absolute atomic E-state index is 9.43. The summed E-state index contributed by atoms with van der Waals surface area (Å²) in [6.45, 7) is 4.08. The van der Waals surface area contributed by atoms with Crippen molar-refractivity contribution in [3.05, 3.63) is 223 Å². The van der Waals surface area contributed by atoms with Crippen LogP contribution in [-0.2, 0) is 12.4 Å². The van der Waals surface area contributed by atoms with Gasteiger partial charge >= 0.3 is 0 Å². The summed E-state index contributed by atoms with van der Waals surface area (Å²) >= 11 is 0. The lowest BCUT2D eigenvalue weighted by molar-refractivity contribution is 0.463. The Labute approximate surface area is 417 Å². The first-order valence-corrected chi connectivity index (χ1v) is 22.6. The van der Waals surface area contributed by atoms with Crippen LogP contribution in [0, 0.1) is 0 Å². The number of allylic oxidation sites excluding steroid dienone is 8. The highest BCUT2D eigenvalue weighted by molar-refractivity contribution is 6.67. The molecule has 5 aromatic carbocycles. The van der Waals surface area contributed by atoms with Gasteiger partial charge in [0.05, 0.1) is 47.4 Å². The summed E-state index contributed by atoms with van der Waals surface area (Å²) in [6.07, 6.45) is 23.1. The fourth-order valence-electron chi connectivity index (χ4n) is 8.85. The number of para-hydroxylation sites is 5. The molecule has 69 heavy (non-hydrogen) atoms. The van der Waals surface area contributed by atoms with E-state index in [-0.39, 0.29) is 70.4 Å². The maximum Gasteiger partial charge on any atom is 0.221 e. The van der Waals surface area contributed by atoms with Gasteiger partial charge in [-0.05, 0) is 107 Å². The van der Waals surface area contributed by atoms with Crippen LogP contribution >= 0.6 is 0 Å². The van der Waals surface area contributed by atoms with E-state index in [1.165, 1.54) is 4.57 Å². The number of anilines is 4. The summed E-state index contributed by atoms with van der Waals surface area (Å²) in [7, 11) is 4.21. The molecule has 0 amide bonds. The molecule has 0 aliphatic carbocycles. The fraction of sp³-hybridized carbons (Fsp3) is 0.103. The predicted molar refractivity (Wildman–Crippen MR) is 289 cm³/mol. The van der Waals surface area contributed by atoms with E-state index >= 15 is 0 Å². The zero-order valence-electron chi connectivity index (χ0n) is 47.1. The predicted octanol–water partition coefficient (Wildman–Crippen LogP) is 12.8. The van der Waals surface area contributed by atoms with Crippen molar-refractivity contribution < 1.29 is 17.1 Å². The average Bonchev–Trinajstić information content (AvgIpc) is 3.94. The molecule has 0 saturated carbocycles. The number of imidazole rings is 1. The molecule has 0 saturated heterocycles. The molecule has 8 aromatic rings. The van der Waals surface area contributed by atoms with Crippen molar-refractivity contribution in [2.45, 2.75) is 26.2 Å². The van der Waals surface area contributed by atoms with Crippen molar-refractivity contribution in [3.8, 4) is 17.6 Å². The third-order valence-corrected chi connectivity index (χ3v) is 12.2. The van der Waals surface area contributed by atoms with Gasteiger partial charge in [-0.25, -0.2) is 9.97 Å². The van der Waals surface area contributed by atoms with Crippen LogP contribution in [0.3, 0.4) is 0 Å². The van der Waals surface area contributed by atoms with Gasteiger partial charge < -0.3 is 29.7 Å². The van der Waals surface area contributed by atoms with Gasteiger partial charge in [0.15, 0.2) is 14.6 Å². The first kappa shape index (κ1) is 33.9. The number of nitrogens with zero attached hydrogens (tertiary/aromatic N) is 6. The number of fused-ring (bicyclic) bond motifs is 5. The number of rotatable bonds is 7. The normalized spacial score (nSPS) is 21.2. The van der Waals surface area contributed by atoms with Gasteiger partial charge in [-0.15, -0.1) is 12.0 Å². The standard InChI is InChI=1S/C58H50B2N8O/c1-58(2,3)40-35-45(47-18-15-32-61-30-13-11-28-59-47)56(46(36-40)48-19-16-33-62-31-14-12-29-60-48)67-39-66(52-23-9-10-24-53(52)67)41-27-34-63-55(37-41)69-42-25-26-44-43-17-5-7-21-50(43)68(54(44)38-42)57-64-49-20-6-8-22-51(49)65(57)4/h5-38,61-62H,39H2,1-4H3/b28-11-,29-12-,30-13-,31-14-,32-15-,33-16-,47-18-,48-19-/i4D3,5D,7D,17D,21D,27D,34D. The molecule has 9 nitrogen and oxygen atoms in total. The molecule has 6 heterocycles. The highest BCUT2D eigenvalue weighted by Crippen LogP contribution is 2.49. The zero-order chi connectivity index (χ0) is 54.6. The van der Waals surface area contributed by atoms with Crippen LogP contribution in [0.2, 0.25) is 0 Å². The number of hydrogen-bond acceptors (Lipinski definition) is 7. The number of pyridine rings is 1. The quantitative estimate of drug-likeness (QED) is 0.154. The number of aryl methyl sites for hydroxylation is 1. The monoisotopic (exact) mass is 905 g/mol. The number of nitrogens with one attached hydrogen (secondary N) is 2. The Hall–Kier alpha value is -8.43. The van der Waals surface area contributed by atoms with E-state index in [2.05, 4.69) is 86.2 Å². The van der Waals surface area contributed by atoms with E-state index in [0.717, 1.165) is 49.3 Å². The van der Waals surface area contributed by atoms with Crippen molar-refractivity contribution in [1.82, 2.24) is 29.7 Å². The highest BCUT2D eigenvalue weighted by Gasteiger charge is 2.33. The Balaban J connectivity index is 1.07. The fourth-order valence-corrected chi connectivity index (χ4v) is 8.85. The molecule has 0 fully saturated rings. The topological polar surface area (TPSA) is 75.4 Å². The van der Waals surface area contributed by atoms with Crippen molar-refractivity contribution in [3.63, 3.8) is 0 Å². The second-order valence-corrected chi connectivity index (χ2v) is 17.6. The Morgan fingerprint density at radius 3 is 2.09 bits per heavy atom. The summed E-state index contributed by atoms with van der Waals surface area (Å²) in [5, 5.41) is 6.97. The Morgan fingerprint density at radius 1 is 0.681 bits per heavy atom. The Morgan fingerprint density at radius 2 is 1.36 bits per heavy atom. The van der Waals surface area contributed by atoms with Gasteiger partial charge in [0.25, 0.3) is 0 Å². The second kappa shape index (κ2) is 18.3. The SMILES string of the molecule is [2H]c1nc(Oc2ccc3c4c([2H])c([2H])c([2H])c([2H])c4n(-c4nc5ccccc5n4C([2H])([2H])[2H])c3c2)cc(N2CN(c3c(/C4=C/C=C\N/C=C\C=C/[B]4)cc(C(C)(C)C)cc3/C3=C/C=C\N/C=C\C=C/[B]3)c3ccccc32)c1[2H]. The van der Waals surface area contributed by atoms with Gasteiger partial charge in [-0.3, -0.25) is 4.57 Å². The van der Waals surface area contributed by atoms with E-state index < -0.39 is 19.1 Å². The minimum absolute atomic E-state index is 0.0104. The molecule has 3 aliphatic rings. The van der Waals surface area contributed by atoms with Crippen molar-refractivity contribution in [2.24, 2.45) is 6.98 Å². The molecular formula is C58H50B2N8O. The molecule has 0 spiro atoms. The number of ether oxygens (including phenoxy) is 1. The number of benzene rings is 5. The van der Waals surface area contributed by atoms with Crippen LogP contribution in [0.25, 0.3) is 49.7 Å². The molecule has 11 rings (SSSR count). The third kappa shape index (κ3) is 8.37. The van der Waals surface area contributed by atoms with E-state index in [4.69, 9.17) is 20.7 Å². The lowest BCUT2D eigenvalue weighted by Crippen LogP contribution is -2.26. The molecule has 0 atom stereocenters. The van der Waals surface area contributed by atoms with Crippen LogP contribution in [0.15, 0.2) is 207 Å². The molecule has 2 radical (unpaired) electrons. The summed E-state index contributed by atoms with van der Waals surface area (Å²) in [6, 6.07) is 24.0. The van der Waals surface area contributed by atoms with Gasteiger partial charge in [0.2, 0.25) is 11.8 Å². The average molecular weight is 906 g/mol. The maximum atomic E-state index is 9.43. The van der Waals surface area contributed by atoms with Gasteiger partial charge in [-0.1, -0.05) is 98.4 Å². The molecule has 0 bridgehead atoms. The summed E-state index contributed by atoms with van der Waals surface area (Å²) in [4.78, 5) is 13.4. The third-order valence-electron chi connectivity index (χ3n) is 12.2. The molecule has 3 aliphatic heterocycles. The molecule has 11 heteroatoms. The van der Waals surface area contributed by atoms with E-state index in [0.29, 0.717) is 22.1 Å². The van der Waals surface area contributed by atoms with Gasteiger partial charge in [0.1, 0.15) is 12.4 Å². The number of hydrogen-bond donors (Lipinski definition) is 2. The Bertz CT molecular complexity index is 3940. The lowest BCUT2D eigenvalue weighted by Gasteiger charge is -2.31. The Kier molecular flexibility index (Phi) is 9.02. The van der Waals surface area contributed by atoms with Crippen molar-refractivity contribution in [2.75, 3.05) is 16.5 Å². The first-order valence-electron chi connectivity index (χ1n) is 27.1. The summed E-state index contributed by atoms with van der Waals surface area (Å²) in [5.41, 5.74) is 8.59. The van der Waals surface area contributed by atoms with E-state index in [1.54, 1.807) is 48.5 Å².